The van der Waals surface area contributed by atoms with E-state index in [0.717, 1.165) is 0 Å². The molecule has 13 heavy (non-hydrogen) atoms. The van der Waals surface area contributed by atoms with Gasteiger partial charge in [-0.1, -0.05) is 0 Å². The highest BCUT2D eigenvalue weighted by Crippen LogP contribution is 2.10. The molecule has 2 aromatic rings. The summed E-state index contributed by atoms with van der Waals surface area (Å²) in [5.74, 6) is -0.294. The molecule has 0 saturated heterocycles. The lowest BCUT2D eigenvalue weighted by atomic mass is 10.3. The van der Waals surface area contributed by atoms with Crippen LogP contribution in [0.5, 0.6) is 0 Å². The second kappa shape index (κ2) is 3.14. The number of thiol groups is 1. The Hall–Kier alpha value is -1.43. The number of aromatic nitrogens is 4. The van der Waals surface area contributed by atoms with Crippen LogP contribution in [0.25, 0.3) is 5.69 Å². The highest BCUT2D eigenvalue weighted by molar-refractivity contribution is 7.80. The van der Waals surface area contributed by atoms with Gasteiger partial charge in [-0.2, -0.15) is 4.68 Å². The molecule has 0 aliphatic rings. The average Bonchev–Trinajstić information content (AvgIpc) is 2.53. The molecular weight excluding hydrogens is 191 g/mol. The molecule has 0 unspecified atom stereocenters. The summed E-state index contributed by atoms with van der Waals surface area (Å²) in [6.45, 7) is 0. The minimum absolute atomic E-state index is 0.294. The number of hydrogen-bond acceptors (Lipinski definition) is 4. The van der Waals surface area contributed by atoms with Gasteiger partial charge in [0.1, 0.15) is 5.82 Å². The van der Waals surface area contributed by atoms with E-state index < -0.39 is 0 Å². The predicted octanol–water partition coefficient (Wildman–Crippen LogP) is 1.09. The van der Waals surface area contributed by atoms with Crippen molar-refractivity contribution in [1.29, 1.82) is 0 Å². The maximum Gasteiger partial charge on any atom is 0.211 e. The van der Waals surface area contributed by atoms with Crippen molar-refractivity contribution in [3.8, 4) is 5.69 Å². The average molecular weight is 196 g/mol. The normalized spacial score (nSPS) is 10.3. The highest BCUT2D eigenvalue weighted by Gasteiger charge is 2.02. The van der Waals surface area contributed by atoms with Crippen LogP contribution in [0.15, 0.2) is 29.4 Å². The number of tetrazole rings is 1. The van der Waals surface area contributed by atoms with Crippen molar-refractivity contribution >= 4 is 12.6 Å². The molecule has 0 aliphatic heterocycles. The Balaban J connectivity index is 2.47. The molecule has 1 aromatic heterocycles. The van der Waals surface area contributed by atoms with E-state index in [0.29, 0.717) is 10.8 Å². The standard InChI is InChI=1S/C7H5FN4S/c8-5-1-3-6(4-2-5)12-7(13)9-10-11-12/h1-4H,(H,9,11,13). The fourth-order valence-electron chi connectivity index (χ4n) is 0.932. The van der Waals surface area contributed by atoms with Gasteiger partial charge in [0, 0.05) is 0 Å². The summed E-state index contributed by atoms with van der Waals surface area (Å²) in [5, 5.41) is 11.0. The molecule has 6 heteroatoms. The lowest BCUT2D eigenvalue weighted by molar-refractivity contribution is 0.626. The van der Waals surface area contributed by atoms with E-state index in [1.807, 2.05) is 0 Å². The smallest absolute Gasteiger partial charge is 0.207 e. The number of nitrogens with zero attached hydrogens (tertiary/aromatic N) is 4. The Bertz CT molecular complexity index is 411. The topological polar surface area (TPSA) is 43.6 Å². The lowest BCUT2D eigenvalue weighted by Crippen LogP contribution is -1.97. The molecule has 1 heterocycles. The van der Waals surface area contributed by atoms with Gasteiger partial charge in [0.25, 0.3) is 0 Å². The van der Waals surface area contributed by atoms with Crippen LogP contribution in [0, 0.1) is 5.82 Å². The van der Waals surface area contributed by atoms with Crippen LogP contribution in [0.1, 0.15) is 0 Å². The lowest BCUT2D eigenvalue weighted by Gasteiger charge is -1.99. The second-order valence-corrected chi connectivity index (χ2v) is 2.77. The zero-order valence-corrected chi connectivity index (χ0v) is 7.32. The number of benzene rings is 1. The maximum absolute atomic E-state index is 12.5. The zero-order chi connectivity index (χ0) is 9.26. The van der Waals surface area contributed by atoms with E-state index in [1.54, 1.807) is 12.1 Å². The fourth-order valence-corrected chi connectivity index (χ4v) is 1.13. The summed E-state index contributed by atoms with van der Waals surface area (Å²) >= 11 is 4.02. The van der Waals surface area contributed by atoms with Crippen molar-refractivity contribution in [2.24, 2.45) is 0 Å². The minimum Gasteiger partial charge on any atom is -0.207 e. The Morgan fingerprint density at radius 1 is 1.23 bits per heavy atom. The van der Waals surface area contributed by atoms with Crippen LogP contribution in [-0.4, -0.2) is 20.2 Å². The van der Waals surface area contributed by atoms with Crippen LogP contribution in [0.4, 0.5) is 4.39 Å². The number of rotatable bonds is 1. The summed E-state index contributed by atoms with van der Waals surface area (Å²) in [4.78, 5) is 0. The van der Waals surface area contributed by atoms with Crippen molar-refractivity contribution in [3.05, 3.63) is 30.1 Å². The first-order chi connectivity index (χ1) is 6.27. The molecule has 0 atom stereocenters. The molecule has 1 aromatic carbocycles. The maximum atomic E-state index is 12.5. The van der Waals surface area contributed by atoms with Crippen molar-refractivity contribution in [2.75, 3.05) is 0 Å². The molecule has 0 radical (unpaired) electrons. The third-order valence-corrected chi connectivity index (χ3v) is 1.80. The first kappa shape index (κ1) is 8.18. The molecule has 66 valence electrons. The second-order valence-electron chi connectivity index (χ2n) is 2.37. The third-order valence-electron chi connectivity index (χ3n) is 1.52. The molecular formula is C7H5FN4S. The Labute approximate surface area is 78.8 Å². The molecule has 0 fully saturated rings. The van der Waals surface area contributed by atoms with Crippen molar-refractivity contribution in [3.63, 3.8) is 0 Å². The van der Waals surface area contributed by atoms with Crippen molar-refractivity contribution < 1.29 is 4.39 Å². The molecule has 0 aliphatic carbocycles. The first-order valence-electron chi connectivity index (χ1n) is 3.50. The van der Waals surface area contributed by atoms with Gasteiger partial charge in [-0.3, -0.25) is 0 Å². The summed E-state index contributed by atoms with van der Waals surface area (Å²) in [6.07, 6.45) is 0. The van der Waals surface area contributed by atoms with Crippen molar-refractivity contribution in [1.82, 2.24) is 20.2 Å². The predicted molar refractivity (Wildman–Crippen MR) is 46.4 cm³/mol. The minimum atomic E-state index is -0.294. The SMILES string of the molecule is Fc1ccc(-n2nnnc2S)cc1. The van der Waals surface area contributed by atoms with E-state index in [-0.39, 0.29) is 5.82 Å². The largest absolute Gasteiger partial charge is 0.211 e. The van der Waals surface area contributed by atoms with Gasteiger partial charge in [0.15, 0.2) is 0 Å². The van der Waals surface area contributed by atoms with Crippen LogP contribution in [0.2, 0.25) is 0 Å². The highest BCUT2D eigenvalue weighted by atomic mass is 32.1. The van der Waals surface area contributed by atoms with Gasteiger partial charge >= 0.3 is 0 Å². The molecule has 0 amide bonds. The van der Waals surface area contributed by atoms with Gasteiger partial charge in [-0.15, -0.1) is 17.7 Å². The van der Waals surface area contributed by atoms with Crippen LogP contribution < -0.4 is 0 Å². The summed E-state index contributed by atoms with van der Waals surface area (Å²) < 4.78 is 14.0. The molecule has 2 rings (SSSR count). The molecule has 0 N–H and O–H groups in total. The van der Waals surface area contributed by atoms with Crippen molar-refractivity contribution in [2.45, 2.75) is 5.16 Å². The number of halogens is 1. The van der Waals surface area contributed by atoms with E-state index in [4.69, 9.17) is 0 Å². The van der Waals surface area contributed by atoms with E-state index in [2.05, 4.69) is 28.2 Å². The monoisotopic (exact) mass is 196 g/mol. The van der Waals surface area contributed by atoms with Crippen LogP contribution in [-0.2, 0) is 0 Å². The molecule has 0 bridgehead atoms. The number of hydrogen-bond donors (Lipinski definition) is 1. The molecule has 4 nitrogen and oxygen atoms in total. The summed E-state index contributed by atoms with van der Waals surface area (Å²) in [7, 11) is 0. The third kappa shape index (κ3) is 1.52. The Kier molecular flexibility index (Phi) is 1.97. The molecule has 0 spiro atoms. The quantitative estimate of drug-likeness (QED) is 0.694. The van der Waals surface area contributed by atoms with Gasteiger partial charge in [-0.25, -0.2) is 4.39 Å². The zero-order valence-electron chi connectivity index (χ0n) is 6.42. The van der Waals surface area contributed by atoms with E-state index >= 15 is 0 Å². The van der Waals surface area contributed by atoms with Gasteiger partial charge in [-0.05, 0) is 34.7 Å². The fraction of sp³-hybridized carbons (Fsp3) is 0. The van der Waals surface area contributed by atoms with Crippen LogP contribution in [0.3, 0.4) is 0 Å². The summed E-state index contributed by atoms with van der Waals surface area (Å²) in [5.41, 5.74) is 0.677. The van der Waals surface area contributed by atoms with Gasteiger partial charge < -0.3 is 0 Å². The van der Waals surface area contributed by atoms with Gasteiger partial charge in [0.05, 0.1) is 5.69 Å². The van der Waals surface area contributed by atoms with Crippen LogP contribution >= 0.6 is 12.6 Å². The van der Waals surface area contributed by atoms with E-state index in [1.165, 1.54) is 16.8 Å². The van der Waals surface area contributed by atoms with E-state index in [9.17, 15) is 4.39 Å². The Morgan fingerprint density at radius 3 is 2.46 bits per heavy atom. The molecule has 0 saturated carbocycles. The Morgan fingerprint density at radius 2 is 1.92 bits per heavy atom. The van der Waals surface area contributed by atoms with Gasteiger partial charge in [0.2, 0.25) is 5.16 Å². The first-order valence-corrected chi connectivity index (χ1v) is 3.95. The summed E-state index contributed by atoms with van der Waals surface area (Å²) in [6, 6.07) is 5.82.